The van der Waals surface area contributed by atoms with Crippen LogP contribution in [0.1, 0.15) is 25.3 Å². The number of nitrogens with zero attached hydrogens (tertiary/aromatic N) is 3. The van der Waals surface area contributed by atoms with Crippen molar-refractivity contribution in [2.24, 2.45) is 11.8 Å². The maximum absolute atomic E-state index is 14.8. The first-order valence-electron chi connectivity index (χ1n) is 14.3. The molecule has 3 heterocycles. The summed E-state index contributed by atoms with van der Waals surface area (Å²) in [7, 11) is 1.68. The Balaban J connectivity index is 1.64. The molecule has 9 heteroatoms. The molecule has 3 aliphatic rings. The van der Waals surface area contributed by atoms with Crippen molar-refractivity contribution in [3.05, 3.63) is 90.5 Å². The summed E-state index contributed by atoms with van der Waals surface area (Å²) in [6.45, 7) is 9.57. The van der Waals surface area contributed by atoms with E-state index in [1.165, 1.54) is 9.80 Å². The molecule has 5 rings (SSSR count). The average Bonchev–Trinajstić information content (AvgIpc) is 3.55. The number of carbonyl (C=O) groups is 3. The topological polar surface area (TPSA) is 90.4 Å². The maximum atomic E-state index is 14.8. The summed E-state index contributed by atoms with van der Waals surface area (Å²) in [5, 5.41) is 11.1. The van der Waals surface area contributed by atoms with E-state index in [1.807, 2.05) is 37.3 Å². The van der Waals surface area contributed by atoms with Gasteiger partial charge in [0.1, 0.15) is 11.6 Å². The van der Waals surface area contributed by atoms with Crippen LogP contribution >= 0.6 is 11.6 Å². The number of fused-ring (bicyclic) bond motifs is 1. The summed E-state index contributed by atoms with van der Waals surface area (Å²) < 4.78 is 6.78. The highest BCUT2D eigenvalue weighted by Gasteiger charge is 2.78. The zero-order valence-electron chi connectivity index (χ0n) is 24.1. The Bertz CT molecular complexity index is 1380. The second kappa shape index (κ2) is 11.7. The van der Waals surface area contributed by atoms with Crippen molar-refractivity contribution in [2.45, 2.75) is 49.5 Å². The van der Waals surface area contributed by atoms with Gasteiger partial charge >= 0.3 is 0 Å². The fraction of sp³-hybridized carbons (Fsp3) is 0.424. The Kier molecular flexibility index (Phi) is 8.34. The van der Waals surface area contributed by atoms with Crippen LogP contribution in [0.5, 0.6) is 0 Å². The minimum absolute atomic E-state index is 0.145. The monoisotopic (exact) mass is 591 g/mol. The van der Waals surface area contributed by atoms with E-state index in [4.69, 9.17) is 16.3 Å². The number of aliphatic hydroxyl groups is 1. The molecule has 42 heavy (non-hydrogen) atoms. The van der Waals surface area contributed by atoms with Crippen molar-refractivity contribution in [2.75, 3.05) is 31.6 Å². The van der Waals surface area contributed by atoms with Gasteiger partial charge < -0.3 is 24.5 Å². The van der Waals surface area contributed by atoms with Crippen molar-refractivity contribution >= 4 is 35.0 Å². The van der Waals surface area contributed by atoms with Gasteiger partial charge in [-0.05, 0) is 43.9 Å². The van der Waals surface area contributed by atoms with Gasteiger partial charge in [0.05, 0.1) is 40.8 Å². The molecule has 222 valence electrons. The van der Waals surface area contributed by atoms with Crippen LogP contribution in [-0.4, -0.2) is 82.7 Å². The molecule has 3 amide bonds. The molecular weight excluding hydrogens is 554 g/mol. The lowest BCUT2D eigenvalue weighted by molar-refractivity contribution is -0.151. The number of para-hydroxylation sites is 1. The molecular formula is C33H38ClN3O5. The van der Waals surface area contributed by atoms with Gasteiger partial charge in [0.25, 0.3) is 5.91 Å². The minimum Gasteiger partial charge on any atom is -0.394 e. The first kappa shape index (κ1) is 30.0. The van der Waals surface area contributed by atoms with E-state index >= 15 is 0 Å². The van der Waals surface area contributed by atoms with Gasteiger partial charge in [-0.3, -0.25) is 14.4 Å². The molecule has 8 nitrogen and oxygen atoms in total. The smallest absolute Gasteiger partial charge is 0.253 e. The second-order valence-corrected chi connectivity index (χ2v) is 12.1. The third kappa shape index (κ3) is 4.75. The number of likely N-dealkylation sites (tertiary alicyclic amines) is 1. The second-order valence-electron chi connectivity index (χ2n) is 11.7. The Morgan fingerprint density at radius 3 is 2.40 bits per heavy atom. The largest absolute Gasteiger partial charge is 0.394 e. The third-order valence-corrected chi connectivity index (χ3v) is 9.45. The third-order valence-electron chi connectivity index (χ3n) is 9.13. The molecule has 2 aromatic rings. The summed E-state index contributed by atoms with van der Waals surface area (Å²) in [5.74, 6) is -2.63. The fourth-order valence-corrected chi connectivity index (χ4v) is 7.56. The van der Waals surface area contributed by atoms with Gasteiger partial charge in [-0.1, -0.05) is 66.2 Å². The van der Waals surface area contributed by atoms with Gasteiger partial charge in [-0.25, -0.2) is 0 Å². The van der Waals surface area contributed by atoms with Crippen LogP contribution in [0.4, 0.5) is 5.69 Å². The summed E-state index contributed by atoms with van der Waals surface area (Å²) in [4.78, 5) is 47.9. The Hall–Kier alpha value is -3.46. The highest BCUT2D eigenvalue weighted by Crippen LogP contribution is 2.64. The van der Waals surface area contributed by atoms with E-state index < -0.39 is 35.1 Å². The number of halogens is 1. The number of amides is 3. The van der Waals surface area contributed by atoms with Crippen LogP contribution in [0.2, 0.25) is 5.02 Å². The number of rotatable bonds is 11. The first-order valence-corrected chi connectivity index (χ1v) is 14.7. The maximum Gasteiger partial charge on any atom is 0.253 e. The van der Waals surface area contributed by atoms with Crippen molar-refractivity contribution in [1.82, 2.24) is 9.80 Å². The quantitative estimate of drug-likeness (QED) is 0.401. The Morgan fingerprint density at radius 1 is 1.10 bits per heavy atom. The summed E-state index contributed by atoms with van der Waals surface area (Å²) >= 11 is 6.57. The highest BCUT2D eigenvalue weighted by molar-refractivity contribution is 6.34. The number of benzene rings is 2. The zero-order valence-corrected chi connectivity index (χ0v) is 24.9. The summed E-state index contributed by atoms with van der Waals surface area (Å²) in [6.07, 6.45) is 4.52. The summed E-state index contributed by atoms with van der Waals surface area (Å²) in [5.41, 5.74) is -0.769. The SMILES string of the molecule is C=CCN(C)C(=O)[C@H]1[C@H]2C(=O)N([C@@H](CO)Cc3ccccc3)C(C(=O)N(CC=C)c3ccccc3Cl)C23CC[C@]1(C)O3. The van der Waals surface area contributed by atoms with E-state index in [2.05, 4.69) is 13.2 Å². The van der Waals surface area contributed by atoms with E-state index in [9.17, 15) is 19.5 Å². The normalized spacial score (nSPS) is 28.3. The molecule has 1 N–H and O–H groups in total. The van der Waals surface area contributed by atoms with Crippen LogP contribution in [-0.2, 0) is 25.5 Å². The van der Waals surface area contributed by atoms with Crippen LogP contribution in [0.25, 0.3) is 0 Å². The summed E-state index contributed by atoms with van der Waals surface area (Å²) in [6, 6.07) is 14.7. The molecule has 3 fully saturated rings. The standard InChI is InChI=1S/C33H38ClN3O5/c1-5-18-35(4)29(39)26-27-30(40)37(23(21-38)20-22-12-8-7-9-13-22)28(33(27)17-16-32(26,3)42-33)31(41)36(19-6-2)25-15-11-10-14-24(25)34/h5-15,23,26-28,38H,1-2,16-21H2,3-4H3/t23-,26-,27+,28?,32+,33?/m1/s1. The van der Waals surface area contributed by atoms with Crippen LogP contribution < -0.4 is 4.90 Å². The molecule has 6 atom stereocenters. The van der Waals surface area contributed by atoms with Crippen LogP contribution in [0, 0.1) is 11.8 Å². The van der Waals surface area contributed by atoms with Gasteiger partial charge in [0.15, 0.2) is 0 Å². The predicted octanol–water partition coefficient (Wildman–Crippen LogP) is 3.87. The molecule has 2 aromatic carbocycles. The van der Waals surface area contributed by atoms with Gasteiger partial charge in [-0.15, -0.1) is 13.2 Å². The van der Waals surface area contributed by atoms with Gasteiger partial charge in [0, 0.05) is 20.1 Å². The van der Waals surface area contributed by atoms with E-state index in [-0.39, 0.29) is 30.9 Å². The van der Waals surface area contributed by atoms with Crippen LogP contribution in [0.3, 0.4) is 0 Å². The predicted molar refractivity (Wildman–Crippen MR) is 162 cm³/mol. The number of aliphatic hydroxyl groups excluding tert-OH is 1. The van der Waals surface area contributed by atoms with Crippen LogP contribution in [0.15, 0.2) is 79.9 Å². The van der Waals surface area contributed by atoms with Gasteiger partial charge in [0.2, 0.25) is 11.8 Å². The Morgan fingerprint density at radius 2 is 1.76 bits per heavy atom. The molecule has 0 radical (unpaired) electrons. The number of hydrogen-bond acceptors (Lipinski definition) is 5. The number of ether oxygens (including phenoxy) is 1. The number of anilines is 1. The van der Waals surface area contributed by atoms with Crippen molar-refractivity contribution < 1.29 is 24.2 Å². The number of likely N-dealkylation sites (N-methyl/N-ethyl adjacent to an activating group) is 1. The van der Waals surface area contributed by atoms with E-state index in [0.717, 1.165) is 5.56 Å². The first-order chi connectivity index (χ1) is 20.1. The molecule has 2 unspecified atom stereocenters. The molecule has 2 bridgehead atoms. The minimum atomic E-state index is -1.25. The lowest BCUT2D eigenvalue weighted by Crippen LogP contribution is -2.59. The van der Waals surface area contributed by atoms with Gasteiger partial charge in [-0.2, -0.15) is 0 Å². The molecule has 1 spiro atoms. The Labute approximate surface area is 252 Å². The highest BCUT2D eigenvalue weighted by atomic mass is 35.5. The van der Waals surface area contributed by atoms with E-state index in [1.54, 1.807) is 48.4 Å². The number of hydrogen-bond donors (Lipinski definition) is 1. The number of carbonyl (C=O) groups excluding carboxylic acids is 3. The fourth-order valence-electron chi connectivity index (χ4n) is 7.32. The van der Waals surface area contributed by atoms with Crippen molar-refractivity contribution in [3.8, 4) is 0 Å². The molecule has 0 aromatic heterocycles. The van der Waals surface area contributed by atoms with E-state index in [0.29, 0.717) is 36.5 Å². The lowest BCUT2D eigenvalue weighted by atomic mass is 9.66. The lowest BCUT2D eigenvalue weighted by Gasteiger charge is -2.39. The van der Waals surface area contributed by atoms with Crippen molar-refractivity contribution in [3.63, 3.8) is 0 Å². The molecule has 0 saturated carbocycles. The molecule has 0 aliphatic carbocycles. The van der Waals surface area contributed by atoms with Crippen molar-refractivity contribution in [1.29, 1.82) is 0 Å². The zero-order chi connectivity index (χ0) is 30.2. The average molecular weight is 592 g/mol. The molecule has 3 aliphatic heterocycles. The molecule has 3 saturated heterocycles.